The topological polar surface area (TPSA) is 63.4 Å². The largest absolute Gasteiger partial charge is 0.495 e. The number of hydrazine groups is 1. The minimum atomic E-state index is -0.0726. The number of hydrogen-bond donors (Lipinski definition) is 2. The van der Waals surface area contributed by atoms with Crippen molar-refractivity contribution in [2.75, 3.05) is 20.2 Å². The number of rotatable bonds is 6. The second kappa shape index (κ2) is 7.20. The molecule has 1 aliphatic heterocycles. The number of nitrogens with one attached hydrogen (secondary N) is 1. The van der Waals surface area contributed by atoms with Crippen molar-refractivity contribution in [1.82, 2.24) is 15.3 Å². The summed E-state index contributed by atoms with van der Waals surface area (Å²) >= 11 is 0. The lowest BCUT2D eigenvalue weighted by molar-refractivity contribution is 0.0403. The number of likely N-dealkylation sites (tertiary alicyclic amines) is 1. The Balaban J connectivity index is 2.36. The summed E-state index contributed by atoms with van der Waals surface area (Å²) in [5, 5.41) is 0. The van der Waals surface area contributed by atoms with Crippen LogP contribution in [0, 0.1) is 0 Å². The van der Waals surface area contributed by atoms with Crippen LogP contribution in [0.5, 0.6) is 5.75 Å². The van der Waals surface area contributed by atoms with E-state index in [0.717, 1.165) is 31.0 Å². The molecule has 2 unspecified atom stereocenters. The van der Waals surface area contributed by atoms with E-state index in [1.807, 2.05) is 12.1 Å². The minimum absolute atomic E-state index is 0.0586. The van der Waals surface area contributed by atoms with E-state index in [1.165, 1.54) is 19.3 Å². The van der Waals surface area contributed by atoms with Gasteiger partial charge in [0.2, 0.25) is 0 Å². The Morgan fingerprint density at radius 2 is 2.14 bits per heavy atom. The lowest BCUT2D eigenvalue weighted by Gasteiger charge is -2.47. The van der Waals surface area contributed by atoms with Crippen molar-refractivity contribution in [3.8, 4) is 5.75 Å². The van der Waals surface area contributed by atoms with Gasteiger partial charge < -0.3 is 4.74 Å². The Morgan fingerprint density at radius 1 is 1.43 bits per heavy atom. The number of ether oxygens (including phenoxy) is 1. The molecule has 1 fully saturated rings. The molecule has 1 saturated heterocycles. The molecule has 0 spiro atoms. The van der Waals surface area contributed by atoms with Crippen LogP contribution in [0.4, 0.5) is 0 Å². The third-order valence-corrected chi connectivity index (χ3v) is 4.88. The molecule has 21 heavy (non-hydrogen) atoms. The summed E-state index contributed by atoms with van der Waals surface area (Å²) in [7, 11) is 1.68. The molecule has 3 N–H and O–H groups in total. The first-order valence-electron chi connectivity index (χ1n) is 7.87. The zero-order valence-corrected chi connectivity index (χ0v) is 13.4. The molecule has 2 heterocycles. The van der Waals surface area contributed by atoms with Crippen molar-refractivity contribution >= 4 is 0 Å². The Morgan fingerprint density at radius 3 is 2.71 bits per heavy atom. The maximum absolute atomic E-state index is 5.92. The lowest BCUT2D eigenvalue weighted by Crippen LogP contribution is -2.57. The average Bonchev–Trinajstić information content (AvgIpc) is 2.56. The molecule has 5 nitrogen and oxygen atoms in total. The Bertz CT molecular complexity index is 448. The first-order chi connectivity index (χ1) is 10.2. The van der Waals surface area contributed by atoms with Crippen LogP contribution in [0.1, 0.15) is 51.3 Å². The fourth-order valence-electron chi connectivity index (χ4n) is 3.36. The van der Waals surface area contributed by atoms with Crippen LogP contribution in [0.15, 0.2) is 18.3 Å². The molecule has 5 heteroatoms. The molecule has 0 amide bonds. The molecular weight excluding hydrogens is 264 g/mol. The van der Waals surface area contributed by atoms with Gasteiger partial charge in [-0.25, -0.2) is 5.43 Å². The fraction of sp³-hybridized carbons (Fsp3) is 0.688. The molecule has 1 aromatic rings. The summed E-state index contributed by atoms with van der Waals surface area (Å²) in [5.41, 5.74) is 3.81. The molecule has 2 atom stereocenters. The average molecular weight is 292 g/mol. The van der Waals surface area contributed by atoms with E-state index >= 15 is 0 Å². The summed E-state index contributed by atoms with van der Waals surface area (Å²) in [4.78, 5) is 7.09. The zero-order valence-electron chi connectivity index (χ0n) is 13.4. The van der Waals surface area contributed by atoms with Gasteiger partial charge in [0.1, 0.15) is 11.4 Å². The van der Waals surface area contributed by atoms with Gasteiger partial charge >= 0.3 is 0 Å². The zero-order chi connectivity index (χ0) is 15.3. The second-order valence-corrected chi connectivity index (χ2v) is 5.95. The van der Waals surface area contributed by atoms with Gasteiger partial charge in [-0.3, -0.25) is 15.7 Å². The number of nitrogens with two attached hydrogens (primary N) is 1. The van der Waals surface area contributed by atoms with Crippen molar-refractivity contribution in [2.24, 2.45) is 5.84 Å². The fourth-order valence-corrected chi connectivity index (χ4v) is 3.36. The van der Waals surface area contributed by atoms with Gasteiger partial charge in [-0.15, -0.1) is 0 Å². The molecule has 0 radical (unpaired) electrons. The molecule has 0 aromatic carbocycles. The van der Waals surface area contributed by atoms with Crippen molar-refractivity contribution < 1.29 is 4.74 Å². The summed E-state index contributed by atoms with van der Waals surface area (Å²) in [6.45, 7) is 6.74. The lowest BCUT2D eigenvalue weighted by atomic mass is 9.83. The number of piperidine rings is 1. The van der Waals surface area contributed by atoms with Gasteiger partial charge in [0.15, 0.2) is 0 Å². The summed E-state index contributed by atoms with van der Waals surface area (Å²) < 4.78 is 5.48. The van der Waals surface area contributed by atoms with Crippen molar-refractivity contribution in [3.05, 3.63) is 24.0 Å². The summed E-state index contributed by atoms with van der Waals surface area (Å²) in [6.07, 6.45) is 6.64. The highest BCUT2D eigenvalue weighted by atomic mass is 16.5. The Kier molecular flexibility index (Phi) is 5.56. The predicted molar refractivity (Wildman–Crippen MR) is 85.0 cm³/mol. The second-order valence-electron chi connectivity index (χ2n) is 5.95. The van der Waals surface area contributed by atoms with Crippen LogP contribution < -0.4 is 16.0 Å². The Hall–Kier alpha value is -1.17. The molecule has 0 bridgehead atoms. The highest BCUT2D eigenvalue weighted by Crippen LogP contribution is 2.37. The number of pyridine rings is 1. The van der Waals surface area contributed by atoms with Crippen molar-refractivity contribution in [2.45, 2.75) is 51.1 Å². The maximum Gasteiger partial charge on any atom is 0.142 e. The Labute approximate surface area is 127 Å². The maximum atomic E-state index is 5.92. The monoisotopic (exact) mass is 292 g/mol. The quantitative estimate of drug-likeness (QED) is 0.622. The highest BCUT2D eigenvalue weighted by Gasteiger charge is 2.41. The van der Waals surface area contributed by atoms with Crippen LogP contribution in [-0.2, 0) is 0 Å². The van der Waals surface area contributed by atoms with Gasteiger partial charge in [0.05, 0.1) is 13.2 Å². The van der Waals surface area contributed by atoms with Crippen LogP contribution in [0.3, 0.4) is 0 Å². The number of methoxy groups -OCH3 is 1. The highest BCUT2D eigenvalue weighted by molar-refractivity contribution is 5.32. The van der Waals surface area contributed by atoms with E-state index in [9.17, 15) is 0 Å². The summed E-state index contributed by atoms with van der Waals surface area (Å²) in [5.74, 6) is 6.71. The van der Waals surface area contributed by atoms with Crippen LogP contribution in [0.25, 0.3) is 0 Å². The smallest absolute Gasteiger partial charge is 0.142 e. The first kappa shape index (κ1) is 16.2. The normalized spacial score (nSPS) is 20.8. The van der Waals surface area contributed by atoms with Crippen molar-refractivity contribution in [3.63, 3.8) is 0 Å². The van der Waals surface area contributed by atoms with E-state index in [-0.39, 0.29) is 11.6 Å². The third kappa shape index (κ3) is 3.20. The molecule has 1 aromatic heterocycles. The van der Waals surface area contributed by atoms with E-state index in [4.69, 9.17) is 10.6 Å². The number of aromatic nitrogens is 1. The van der Waals surface area contributed by atoms with Crippen LogP contribution in [0.2, 0.25) is 0 Å². The minimum Gasteiger partial charge on any atom is -0.495 e. The van der Waals surface area contributed by atoms with Gasteiger partial charge in [-0.1, -0.05) is 13.3 Å². The van der Waals surface area contributed by atoms with Crippen LogP contribution >= 0.6 is 0 Å². The predicted octanol–water partition coefficient (Wildman–Crippen LogP) is 2.25. The third-order valence-electron chi connectivity index (χ3n) is 4.88. The van der Waals surface area contributed by atoms with Crippen LogP contribution in [-0.4, -0.2) is 35.6 Å². The van der Waals surface area contributed by atoms with Gasteiger partial charge in [0, 0.05) is 11.7 Å². The van der Waals surface area contributed by atoms with Crippen molar-refractivity contribution in [1.29, 1.82) is 0 Å². The van der Waals surface area contributed by atoms with E-state index in [2.05, 4.69) is 29.2 Å². The standard InChI is InChI=1S/C16H28N4O/c1-4-16(2,20-11-6-5-7-12-20)15(19-17)14-13(21-3)9-8-10-18-14/h8-10,15,19H,4-7,11-12,17H2,1-3H3. The number of hydrogen-bond acceptors (Lipinski definition) is 5. The molecule has 0 aliphatic carbocycles. The first-order valence-corrected chi connectivity index (χ1v) is 7.87. The molecule has 2 rings (SSSR count). The van der Waals surface area contributed by atoms with Gasteiger partial charge in [-0.05, 0) is 51.4 Å². The summed E-state index contributed by atoms with van der Waals surface area (Å²) in [6, 6.07) is 3.77. The number of nitrogens with zero attached hydrogens (tertiary/aromatic N) is 2. The van der Waals surface area contributed by atoms with E-state index in [1.54, 1.807) is 13.3 Å². The molecule has 1 aliphatic rings. The molecule has 0 saturated carbocycles. The molecule has 118 valence electrons. The van der Waals surface area contributed by atoms with E-state index in [0.29, 0.717) is 0 Å². The van der Waals surface area contributed by atoms with Gasteiger partial charge in [-0.2, -0.15) is 0 Å². The van der Waals surface area contributed by atoms with E-state index < -0.39 is 0 Å². The van der Waals surface area contributed by atoms with Gasteiger partial charge in [0.25, 0.3) is 0 Å². The molecular formula is C16H28N4O. The SMILES string of the molecule is CCC(C)(C(NN)c1ncccc1OC)N1CCCCC1.